The Bertz CT molecular complexity index is 572. The molecule has 3 aliphatic rings. The molecule has 1 aliphatic carbocycles. The van der Waals surface area contributed by atoms with Crippen LogP contribution in [0.4, 0.5) is 0 Å². The van der Waals surface area contributed by atoms with Crippen molar-refractivity contribution in [1.82, 2.24) is 10.2 Å². The monoisotopic (exact) mass is 338 g/mol. The first-order valence-corrected chi connectivity index (χ1v) is 8.88. The van der Waals surface area contributed by atoms with Crippen molar-refractivity contribution in [3.05, 3.63) is 33.8 Å². The fourth-order valence-corrected chi connectivity index (χ4v) is 4.70. The van der Waals surface area contributed by atoms with E-state index in [-0.39, 0.29) is 5.92 Å². The summed E-state index contributed by atoms with van der Waals surface area (Å²) in [7, 11) is 0. The molecular formula is C17H20Cl2N2O. The third-order valence-corrected chi connectivity index (χ3v) is 5.77. The zero-order chi connectivity index (χ0) is 15.3. The highest BCUT2D eigenvalue weighted by molar-refractivity contribution is 6.34. The number of benzene rings is 1. The van der Waals surface area contributed by atoms with Crippen LogP contribution in [0.3, 0.4) is 0 Å². The minimum atomic E-state index is 0.121. The van der Waals surface area contributed by atoms with E-state index in [9.17, 15) is 4.79 Å². The number of fused-ring (bicyclic) bond motifs is 2. The van der Waals surface area contributed by atoms with Gasteiger partial charge in [0.05, 0.1) is 0 Å². The Morgan fingerprint density at radius 3 is 2.59 bits per heavy atom. The van der Waals surface area contributed by atoms with E-state index in [4.69, 9.17) is 23.2 Å². The van der Waals surface area contributed by atoms with Gasteiger partial charge in [0.15, 0.2) is 0 Å². The standard InChI is InChI=1S/C17H20Cl2N2O/c18-11-5-10(6-12(19)7-11)15-8-16(15)17(22)21-13-1-2-14(21)9-20-4-3-13/h5-7,13-16,20H,1-4,8-9H2. The van der Waals surface area contributed by atoms with Crippen LogP contribution >= 0.6 is 23.2 Å². The molecule has 2 aliphatic heterocycles. The molecule has 1 amide bonds. The van der Waals surface area contributed by atoms with E-state index in [0.29, 0.717) is 34.0 Å². The number of rotatable bonds is 2. The third kappa shape index (κ3) is 2.64. The molecule has 1 aromatic rings. The van der Waals surface area contributed by atoms with Gasteiger partial charge in [-0.2, -0.15) is 0 Å². The van der Waals surface area contributed by atoms with Crippen LogP contribution in [-0.4, -0.2) is 36.0 Å². The molecule has 4 unspecified atom stereocenters. The summed E-state index contributed by atoms with van der Waals surface area (Å²) in [4.78, 5) is 15.2. The Morgan fingerprint density at radius 2 is 1.82 bits per heavy atom. The highest BCUT2D eigenvalue weighted by Crippen LogP contribution is 2.50. The summed E-state index contributed by atoms with van der Waals surface area (Å²) in [5.41, 5.74) is 1.11. The van der Waals surface area contributed by atoms with Crippen LogP contribution in [-0.2, 0) is 4.79 Å². The van der Waals surface area contributed by atoms with Gasteiger partial charge in [0.1, 0.15) is 0 Å². The van der Waals surface area contributed by atoms with E-state index >= 15 is 0 Å². The van der Waals surface area contributed by atoms with Crippen molar-refractivity contribution < 1.29 is 4.79 Å². The van der Waals surface area contributed by atoms with Crippen molar-refractivity contribution >= 4 is 29.1 Å². The topological polar surface area (TPSA) is 32.3 Å². The summed E-state index contributed by atoms with van der Waals surface area (Å²) in [5, 5.41) is 4.76. The number of amides is 1. The van der Waals surface area contributed by atoms with Gasteiger partial charge in [0, 0.05) is 34.6 Å². The molecule has 22 heavy (non-hydrogen) atoms. The maximum atomic E-state index is 13.0. The average molecular weight is 339 g/mol. The molecule has 3 fully saturated rings. The fraction of sp³-hybridized carbons (Fsp3) is 0.588. The van der Waals surface area contributed by atoms with Gasteiger partial charge in [0.25, 0.3) is 0 Å². The van der Waals surface area contributed by atoms with Crippen LogP contribution in [0.25, 0.3) is 0 Å². The number of hydrogen-bond acceptors (Lipinski definition) is 2. The lowest BCUT2D eigenvalue weighted by Crippen LogP contribution is -2.43. The molecule has 2 saturated heterocycles. The highest BCUT2D eigenvalue weighted by atomic mass is 35.5. The molecule has 3 nitrogen and oxygen atoms in total. The smallest absolute Gasteiger partial charge is 0.226 e. The molecule has 2 bridgehead atoms. The molecule has 1 saturated carbocycles. The van der Waals surface area contributed by atoms with Gasteiger partial charge in [-0.05, 0) is 61.9 Å². The van der Waals surface area contributed by atoms with E-state index in [2.05, 4.69) is 10.2 Å². The average Bonchev–Trinajstić information content (AvgIpc) is 3.17. The van der Waals surface area contributed by atoms with Gasteiger partial charge >= 0.3 is 0 Å². The van der Waals surface area contributed by atoms with E-state index < -0.39 is 0 Å². The molecule has 1 aromatic carbocycles. The predicted molar refractivity (Wildman–Crippen MR) is 88.5 cm³/mol. The molecule has 1 N–H and O–H groups in total. The van der Waals surface area contributed by atoms with Gasteiger partial charge < -0.3 is 10.2 Å². The lowest BCUT2D eigenvalue weighted by Gasteiger charge is -2.28. The maximum Gasteiger partial charge on any atom is 0.226 e. The van der Waals surface area contributed by atoms with Crippen LogP contribution in [0.1, 0.15) is 37.2 Å². The van der Waals surface area contributed by atoms with E-state index in [0.717, 1.165) is 37.9 Å². The van der Waals surface area contributed by atoms with Crippen LogP contribution in [0.5, 0.6) is 0 Å². The van der Waals surface area contributed by atoms with Crippen molar-refractivity contribution in [1.29, 1.82) is 0 Å². The summed E-state index contributed by atoms with van der Waals surface area (Å²) in [5.74, 6) is 0.757. The first-order chi connectivity index (χ1) is 10.6. The maximum absolute atomic E-state index is 13.0. The van der Waals surface area contributed by atoms with Crippen LogP contribution in [0, 0.1) is 5.92 Å². The van der Waals surface area contributed by atoms with Crippen molar-refractivity contribution in [3.63, 3.8) is 0 Å². The van der Waals surface area contributed by atoms with E-state index in [1.54, 1.807) is 6.07 Å². The Hall–Kier alpha value is -0.770. The van der Waals surface area contributed by atoms with E-state index in [1.807, 2.05) is 12.1 Å². The third-order valence-electron chi connectivity index (χ3n) is 5.33. The van der Waals surface area contributed by atoms with E-state index in [1.165, 1.54) is 6.42 Å². The van der Waals surface area contributed by atoms with Gasteiger partial charge in [0.2, 0.25) is 5.91 Å². The van der Waals surface area contributed by atoms with Crippen molar-refractivity contribution in [3.8, 4) is 0 Å². The van der Waals surface area contributed by atoms with Crippen molar-refractivity contribution in [2.24, 2.45) is 5.92 Å². The molecule has 0 spiro atoms. The second-order valence-corrected chi connectivity index (χ2v) is 7.65. The molecule has 5 heteroatoms. The summed E-state index contributed by atoms with van der Waals surface area (Å²) >= 11 is 12.2. The number of nitrogens with zero attached hydrogens (tertiary/aromatic N) is 1. The Kier molecular flexibility index (Phi) is 3.83. The summed E-state index contributed by atoms with van der Waals surface area (Å²) in [6, 6.07) is 6.47. The van der Waals surface area contributed by atoms with Gasteiger partial charge in [-0.25, -0.2) is 0 Å². The minimum Gasteiger partial charge on any atom is -0.335 e. The molecule has 0 aromatic heterocycles. The van der Waals surface area contributed by atoms with Crippen LogP contribution < -0.4 is 5.32 Å². The number of nitrogens with one attached hydrogen (secondary N) is 1. The van der Waals surface area contributed by atoms with Crippen molar-refractivity contribution in [2.45, 2.75) is 43.7 Å². The fourth-order valence-electron chi connectivity index (χ4n) is 4.16. The molecular weight excluding hydrogens is 319 g/mol. The van der Waals surface area contributed by atoms with Gasteiger partial charge in [-0.15, -0.1) is 0 Å². The Morgan fingerprint density at radius 1 is 1.09 bits per heavy atom. The number of carbonyl (C=O) groups is 1. The van der Waals surface area contributed by atoms with Crippen LogP contribution in [0.2, 0.25) is 10.0 Å². The molecule has 0 radical (unpaired) electrons. The number of hydrogen-bond donors (Lipinski definition) is 1. The summed E-state index contributed by atoms with van der Waals surface area (Å²) < 4.78 is 0. The summed E-state index contributed by atoms with van der Waals surface area (Å²) in [6.45, 7) is 1.98. The second kappa shape index (κ2) is 5.70. The van der Waals surface area contributed by atoms with Crippen molar-refractivity contribution in [2.75, 3.05) is 13.1 Å². The Balaban J connectivity index is 1.51. The molecule has 2 heterocycles. The zero-order valence-electron chi connectivity index (χ0n) is 12.4. The zero-order valence-corrected chi connectivity index (χ0v) is 13.9. The summed E-state index contributed by atoms with van der Waals surface area (Å²) in [6.07, 6.45) is 4.32. The Labute approximate surface area is 141 Å². The first-order valence-electron chi connectivity index (χ1n) is 8.12. The van der Waals surface area contributed by atoms with Crippen LogP contribution in [0.15, 0.2) is 18.2 Å². The quantitative estimate of drug-likeness (QED) is 0.895. The molecule has 4 rings (SSSR count). The second-order valence-electron chi connectivity index (χ2n) is 6.77. The number of halogens is 2. The highest BCUT2D eigenvalue weighted by Gasteiger charge is 2.50. The minimum absolute atomic E-state index is 0.121. The largest absolute Gasteiger partial charge is 0.335 e. The normalized spacial score (nSPS) is 33.6. The van der Waals surface area contributed by atoms with Gasteiger partial charge in [-0.3, -0.25) is 4.79 Å². The predicted octanol–water partition coefficient (Wildman–Crippen LogP) is 3.45. The lowest BCUT2D eigenvalue weighted by atomic mass is 10.1. The first kappa shape index (κ1) is 14.8. The lowest BCUT2D eigenvalue weighted by molar-refractivity contribution is -0.135. The SMILES string of the molecule is O=C(C1CC1c1cc(Cl)cc(Cl)c1)N1C2CCNCC1CC2. The number of carbonyl (C=O) groups excluding carboxylic acids is 1. The van der Waals surface area contributed by atoms with Gasteiger partial charge in [-0.1, -0.05) is 23.2 Å². The molecule has 118 valence electrons. The molecule has 4 atom stereocenters.